The Hall–Kier alpha value is -2.22. The predicted molar refractivity (Wildman–Crippen MR) is 128 cm³/mol. The van der Waals surface area contributed by atoms with Crippen molar-refractivity contribution < 1.29 is 9.90 Å². The summed E-state index contributed by atoms with van der Waals surface area (Å²) in [6, 6.07) is 4.42. The van der Waals surface area contributed by atoms with Gasteiger partial charge in [-0.2, -0.15) is 0 Å². The van der Waals surface area contributed by atoms with E-state index >= 15 is 0 Å². The molecule has 1 unspecified atom stereocenters. The fourth-order valence-electron chi connectivity index (χ4n) is 3.85. The minimum absolute atomic E-state index is 0.377. The number of benzene rings is 1. The van der Waals surface area contributed by atoms with Crippen LogP contribution in [0.25, 0.3) is 11.3 Å². The number of thiazole rings is 1. The Bertz CT molecular complexity index is 1210. The molecule has 0 spiro atoms. The molecule has 154 valence electrons. The van der Waals surface area contributed by atoms with Crippen LogP contribution in [0.2, 0.25) is 0 Å². The van der Waals surface area contributed by atoms with Crippen molar-refractivity contribution >= 4 is 46.6 Å². The van der Waals surface area contributed by atoms with Gasteiger partial charge < -0.3 is 5.11 Å². The minimum atomic E-state index is -0.889. The molecule has 1 atom stereocenters. The number of aryl methyl sites for hydroxylation is 3. The fourth-order valence-corrected chi connectivity index (χ4v) is 6.74. The summed E-state index contributed by atoms with van der Waals surface area (Å²) < 4.78 is 0.976. The number of allylic oxidation sites excluding steroid dienone is 1. The first kappa shape index (κ1) is 21.0. The van der Waals surface area contributed by atoms with Gasteiger partial charge in [0, 0.05) is 17.2 Å². The molecule has 1 aromatic carbocycles. The average Bonchev–Trinajstić information content (AvgIpc) is 3.42. The van der Waals surface area contributed by atoms with Gasteiger partial charge in [-0.3, -0.25) is 4.99 Å². The maximum Gasteiger partial charge on any atom is 0.346 e. The van der Waals surface area contributed by atoms with Crippen LogP contribution in [-0.2, 0) is 5.54 Å². The number of hydrogen-bond donors (Lipinski definition) is 1. The third-order valence-corrected chi connectivity index (χ3v) is 8.90. The number of thioether (sulfide) groups is 1. The molecule has 30 heavy (non-hydrogen) atoms. The van der Waals surface area contributed by atoms with Gasteiger partial charge in [0.15, 0.2) is 5.54 Å². The molecule has 3 heterocycles. The number of hydrogen-bond acceptors (Lipinski definition) is 6. The average molecular weight is 455 g/mol. The lowest BCUT2D eigenvalue weighted by molar-refractivity contribution is 0.0701. The van der Waals surface area contributed by atoms with Gasteiger partial charge in [0.2, 0.25) is 0 Å². The Morgan fingerprint density at radius 3 is 2.50 bits per heavy atom. The largest absolute Gasteiger partial charge is 0.477 e. The Morgan fingerprint density at radius 1 is 1.13 bits per heavy atom. The standard InChI is InChI=1S/C23H22N2O2S3/c1-12-9-14(3)16(10-13(12)2)23(7-6-8-24-23)22-25-17(11-29-22)18-15(4)19(20(26)27)30-21(18)28-5/h6-11H,1-5H3,(H,26,27). The number of rotatable bonds is 5. The number of thiophene rings is 1. The first-order chi connectivity index (χ1) is 14.3. The van der Waals surface area contributed by atoms with Crippen LogP contribution in [0.5, 0.6) is 0 Å². The van der Waals surface area contributed by atoms with E-state index in [-0.39, 0.29) is 0 Å². The number of aliphatic imine (C=N–C) groups is 1. The summed E-state index contributed by atoms with van der Waals surface area (Å²) in [5.74, 6) is -0.889. The van der Waals surface area contributed by atoms with Crippen LogP contribution in [0.15, 0.2) is 38.9 Å². The highest BCUT2D eigenvalue weighted by molar-refractivity contribution is 8.00. The van der Waals surface area contributed by atoms with E-state index in [2.05, 4.69) is 39.0 Å². The number of nitrogens with zero attached hydrogens (tertiary/aromatic N) is 2. The van der Waals surface area contributed by atoms with Crippen LogP contribution in [0, 0.1) is 27.7 Å². The Labute approximate surface area is 188 Å². The first-order valence-electron chi connectivity index (χ1n) is 9.47. The quantitative estimate of drug-likeness (QED) is 0.453. The van der Waals surface area contributed by atoms with E-state index in [1.165, 1.54) is 28.0 Å². The molecule has 3 aromatic rings. The van der Waals surface area contributed by atoms with Crippen molar-refractivity contribution in [2.75, 3.05) is 6.26 Å². The van der Waals surface area contributed by atoms with E-state index in [1.807, 2.05) is 30.9 Å². The molecule has 0 aliphatic carbocycles. The van der Waals surface area contributed by atoms with E-state index in [0.717, 1.165) is 31.6 Å². The third-order valence-electron chi connectivity index (χ3n) is 5.53. The van der Waals surface area contributed by atoms with Crippen molar-refractivity contribution in [1.29, 1.82) is 0 Å². The summed E-state index contributed by atoms with van der Waals surface area (Å²) in [6.45, 7) is 8.23. The van der Waals surface area contributed by atoms with E-state index < -0.39 is 11.5 Å². The molecule has 4 rings (SSSR count). The van der Waals surface area contributed by atoms with E-state index in [0.29, 0.717) is 4.88 Å². The number of carbonyl (C=O) groups is 1. The van der Waals surface area contributed by atoms with Crippen molar-refractivity contribution in [2.24, 2.45) is 4.99 Å². The molecule has 1 N–H and O–H groups in total. The lowest BCUT2D eigenvalue weighted by atomic mass is 9.86. The van der Waals surface area contributed by atoms with Gasteiger partial charge in [-0.1, -0.05) is 12.1 Å². The Morgan fingerprint density at radius 2 is 1.87 bits per heavy atom. The molecule has 0 radical (unpaired) electrons. The number of carboxylic acids is 1. The van der Waals surface area contributed by atoms with Gasteiger partial charge in [0.25, 0.3) is 0 Å². The minimum Gasteiger partial charge on any atom is -0.477 e. The first-order valence-corrected chi connectivity index (χ1v) is 12.4. The van der Waals surface area contributed by atoms with Crippen LogP contribution in [0.4, 0.5) is 0 Å². The molecule has 1 aliphatic rings. The SMILES string of the molecule is CSc1sc(C(=O)O)c(C)c1-c1csc(C2(c3cc(C)c(C)cc3C)C=CC=N2)n1. The second-order valence-corrected chi connectivity index (χ2v) is 10.4. The van der Waals surface area contributed by atoms with Crippen molar-refractivity contribution in [3.8, 4) is 11.3 Å². The molecule has 0 fully saturated rings. The number of aromatic carboxylic acids is 1. The van der Waals surface area contributed by atoms with E-state index in [1.54, 1.807) is 23.1 Å². The summed E-state index contributed by atoms with van der Waals surface area (Å²) in [5, 5.41) is 12.5. The van der Waals surface area contributed by atoms with Gasteiger partial charge in [0.05, 0.1) is 9.90 Å². The zero-order chi connectivity index (χ0) is 21.6. The van der Waals surface area contributed by atoms with Gasteiger partial charge in [-0.15, -0.1) is 34.4 Å². The fraction of sp³-hybridized carbons (Fsp3) is 0.261. The lowest BCUT2D eigenvalue weighted by Crippen LogP contribution is -2.22. The van der Waals surface area contributed by atoms with E-state index in [9.17, 15) is 9.90 Å². The number of aromatic nitrogens is 1. The summed E-state index contributed by atoms with van der Waals surface area (Å²) in [4.78, 5) is 21.9. The van der Waals surface area contributed by atoms with Gasteiger partial charge >= 0.3 is 5.97 Å². The topological polar surface area (TPSA) is 62.5 Å². The smallest absolute Gasteiger partial charge is 0.346 e. The van der Waals surface area contributed by atoms with Crippen LogP contribution in [0.3, 0.4) is 0 Å². The zero-order valence-electron chi connectivity index (χ0n) is 17.4. The second kappa shape index (κ2) is 7.80. The zero-order valence-corrected chi connectivity index (χ0v) is 19.9. The molecule has 0 saturated heterocycles. The Kier molecular flexibility index (Phi) is 5.46. The second-order valence-electron chi connectivity index (χ2n) is 7.42. The monoisotopic (exact) mass is 454 g/mol. The summed E-state index contributed by atoms with van der Waals surface area (Å²) in [5.41, 5.74) is 6.68. The van der Waals surface area contributed by atoms with Crippen LogP contribution >= 0.6 is 34.4 Å². The number of carboxylic acid groups (broad SMARTS) is 1. The Balaban J connectivity index is 1.88. The van der Waals surface area contributed by atoms with Crippen molar-refractivity contribution in [3.63, 3.8) is 0 Å². The molecule has 7 heteroatoms. The summed E-state index contributed by atoms with van der Waals surface area (Å²) >= 11 is 4.45. The summed E-state index contributed by atoms with van der Waals surface area (Å²) in [7, 11) is 0. The van der Waals surface area contributed by atoms with E-state index in [4.69, 9.17) is 9.98 Å². The summed E-state index contributed by atoms with van der Waals surface area (Å²) in [6.07, 6.45) is 7.88. The van der Waals surface area contributed by atoms with Gasteiger partial charge in [0.1, 0.15) is 9.88 Å². The highest BCUT2D eigenvalue weighted by Crippen LogP contribution is 2.46. The highest BCUT2D eigenvalue weighted by Gasteiger charge is 2.37. The predicted octanol–water partition coefficient (Wildman–Crippen LogP) is 6.41. The molecule has 1 aliphatic heterocycles. The molecular weight excluding hydrogens is 432 g/mol. The van der Waals surface area contributed by atoms with Crippen molar-refractivity contribution in [1.82, 2.24) is 4.98 Å². The van der Waals surface area contributed by atoms with Crippen LogP contribution in [0.1, 0.15) is 42.5 Å². The van der Waals surface area contributed by atoms with Crippen LogP contribution in [-0.4, -0.2) is 28.5 Å². The molecule has 0 amide bonds. The maximum atomic E-state index is 11.6. The van der Waals surface area contributed by atoms with Gasteiger partial charge in [-0.25, -0.2) is 9.78 Å². The third kappa shape index (κ3) is 3.25. The van der Waals surface area contributed by atoms with Crippen molar-refractivity contribution in [2.45, 2.75) is 37.4 Å². The highest BCUT2D eigenvalue weighted by atomic mass is 32.2. The maximum absolute atomic E-state index is 11.6. The lowest BCUT2D eigenvalue weighted by Gasteiger charge is -2.25. The van der Waals surface area contributed by atoms with Crippen molar-refractivity contribution in [3.05, 3.63) is 67.4 Å². The van der Waals surface area contributed by atoms with Gasteiger partial charge in [-0.05, 0) is 73.9 Å². The molecule has 0 bridgehead atoms. The molecule has 4 nitrogen and oxygen atoms in total. The molecule has 2 aromatic heterocycles. The molecular formula is C23H22N2O2S3. The molecule has 0 saturated carbocycles. The van der Waals surface area contributed by atoms with Crippen LogP contribution < -0.4 is 0 Å². The normalized spacial score (nSPS) is 17.8.